The van der Waals surface area contributed by atoms with E-state index in [1.165, 1.54) is 32.1 Å². The van der Waals surface area contributed by atoms with Gasteiger partial charge in [0, 0.05) is 11.6 Å². The fourth-order valence-corrected chi connectivity index (χ4v) is 3.65. The quantitative estimate of drug-likeness (QED) is 0.628. The molecule has 0 saturated heterocycles. The summed E-state index contributed by atoms with van der Waals surface area (Å²) in [7, 11) is 0. The summed E-state index contributed by atoms with van der Waals surface area (Å²) in [6, 6.07) is 5.42. The van der Waals surface area contributed by atoms with Crippen molar-refractivity contribution in [3.05, 3.63) is 39.4 Å². The maximum absolute atomic E-state index is 11.4. The first-order valence-corrected chi connectivity index (χ1v) is 8.73. The number of nitrogens with zero attached hydrogens (tertiary/aromatic N) is 1. The molecule has 1 saturated carbocycles. The third-order valence-corrected chi connectivity index (χ3v) is 4.87. The first kappa shape index (κ1) is 17.9. The molecule has 0 heterocycles. The first-order chi connectivity index (χ1) is 10.8. The monoisotopic (exact) mass is 319 g/mol. The van der Waals surface area contributed by atoms with Crippen molar-refractivity contribution < 1.29 is 10.0 Å². The maximum atomic E-state index is 11.4. The fourth-order valence-electron chi connectivity index (χ4n) is 3.65. The Morgan fingerprint density at radius 2 is 1.91 bits per heavy atom. The Kier molecular flexibility index (Phi) is 5.79. The Balaban J connectivity index is 2.07. The number of nitro benzene ring substituents is 1. The fraction of sp³-hybridized carbons (Fsp3) is 0.684. The van der Waals surface area contributed by atoms with Gasteiger partial charge in [0.2, 0.25) is 0 Å². The van der Waals surface area contributed by atoms with Crippen LogP contribution in [0.5, 0.6) is 0 Å². The smallest absolute Gasteiger partial charge is 0.273 e. The lowest BCUT2D eigenvalue weighted by atomic mass is 9.83. The van der Waals surface area contributed by atoms with E-state index in [1.54, 1.807) is 6.07 Å². The van der Waals surface area contributed by atoms with E-state index in [0.717, 1.165) is 17.5 Å². The van der Waals surface area contributed by atoms with E-state index >= 15 is 0 Å². The van der Waals surface area contributed by atoms with Crippen LogP contribution in [-0.4, -0.2) is 16.1 Å². The van der Waals surface area contributed by atoms with E-state index in [0.29, 0.717) is 12.3 Å². The van der Waals surface area contributed by atoms with Crippen molar-refractivity contribution in [2.45, 2.75) is 77.2 Å². The molecule has 128 valence electrons. The normalized spacial score (nSPS) is 17.9. The second-order valence-corrected chi connectivity index (χ2v) is 7.96. The highest BCUT2D eigenvalue weighted by Gasteiger charge is 2.25. The van der Waals surface area contributed by atoms with Crippen LogP contribution in [-0.2, 0) is 11.8 Å². The van der Waals surface area contributed by atoms with E-state index in [2.05, 4.69) is 0 Å². The van der Waals surface area contributed by atoms with Gasteiger partial charge in [-0.2, -0.15) is 0 Å². The molecular weight excluding hydrogens is 290 g/mol. The number of benzene rings is 1. The lowest BCUT2D eigenvalue weighted by molar-refractivity contribution is -0.386. The second kappa shape index (κ2) is 7.43. The van der Waals surface area contributed by atoms with E-state index in [1.807, 2.05) is 32.9 Å². The number of nitro groups is 1. The van der Waals surface area contributed by atoms with Crippen LogP contribution in [0, 0.1) is 16.0 Å². The zero-order valence-corrected chi connectivity index (χ0v) is 14.5. The van der Waals surface area contributed by atoms with Crippen LogP contribution < -0.4 is 0 Å². The lowest BCUT2D eigenvalue weighted by Crippen LogP contribution is -2.19. The van der Waals surface area contributed by atoms with Crippen molar-refractivity contribution in [2.75, 3.05) is 0 Å². The molecule has 1 aliphatic carbocycles. The third kappa shape index (κ3) is 5.03. The first-order valence-electron chi connectivity index (χ1n) is 8.73. The summed E-state index contributed by atoms with van der Waals surface area (Å²) in [5.41, 5.74) is 1.50. The Morgan fingerprint density at radius 1 is 1.26 bits per heavy atom. The third-order valence-electron chi connectivity index (χ3n) is 4.87. The minimum Gasteiger partial charge on any atom is -0.393 e. The number of hydrogen-bond donors (Lipinski definition) is 1. The average molecular weight is 319 g/mol. The zero-order valence-electron chi connectivity index (χ0n) is 14.5. The summed E-state index contributed by atoms with van der Waals surface area (Å²) in [6.07, 6.45) is 7.18. The van der Waals surface area contributed by atoms with Crippen molar-refractivity contribution >= 4 is 5.69 Å². The maximum Gasteiger partial charge on any atom is 0.273 e. The molecule has 2 rings (SSSR count). The summed E-state index contributed by atoms with van der Waals surface area (Å²) in [6.45, 7) is 5.94. The molecule has 1 aliphatic rings. The van der Waals surface area contributed by atoms with Crippen molar-refractivity contribution in [3.8, 4) is 0 Å². The lowest BCUT2D eigenvalue weighted by Gasteiger charge is -2.24. The molecule has 0 radical (unpaired) electrons. The molecule has 1 aromatic carbocycles. The van der Waals surface area contributed by atoms with Gasteiger partial charge >= 0.3 is 0 Å². The zero-order chi connectivity index (χ0) is 17.0. The highest BCUT2D eigenvalue weighted by molar-refractivity contribution is 5.47. The molecule has 0 amide bonds. The van der Waals surface area contributed by atoms with Gasteiger partial charge in [0.25, 0.3) is 5.69 Å². The molecule has 0 bridgehead atoms. The standard InChI is InChI=1S/C19H29NO3/c1-19(2,3)17-10-9-15(13-18(17)20(22)23)12-16(21)11-14-7-5-4-6-8-14/h9-10,13-14,16,21H,4-8,11-12H2,1-3H3. The molecular formula is C19H29NO3. The molecule has 0 aliphatic heterocycles. The number of aliphatic hydroxyl groups is 1. The summed E-state index contributed by atoms with van der Waals surface area (Å²) >= 11 is 0. The topological polar surface area (TPSA) is 63.4 Å². The molecule has 0 aromatic heterocycles. The van der Waals surface area contributed by atoms with Gasteiger partial charge in [-0.3, -0.25) is 10.1 Å². The van der Waals surface area contributed by atoms with Crippen molar-refractivity contribution in [2.24, 2.45) is 5.92 Å². The molecule has 1 aromatic rings. The van der Waals surface area contributed by atoms with Gasteiger partial charge in [-0.05, 0) is 29.7 Å². The van der Waals surface area contributed by atoms with Gasteiger partial charge < -0.3 is 5.11 Å². The van der Waals surface area contributed by atoms with Crippen molar-refractivity contribution in [1.29, 1.82) is 0 Å². The molecule has 23 heavy (non-hydrogen) atoms. The van der Waals surface area contributed by atoms with Gasteiger partial charge in [-0.15, -0.1) is 0 Å². The number of rotatable bonds is 5. The molecule has 0 spiro atoms. The predicted octanol–water partition coefficient (Wildman–Crippen LogP) is 4.77. The van der Waals surface area contributed by atoms with Crippen molar-refractivity contribution in [3.63, 3.8) is 0 Å². The van der Waals surface area contributed by atoms with Gasteiger partial charge in [0.1, 0.15) is 0 Å². The number of hydrogen-bond acceptors (Lipinski definition) is 3. The number of aliphatic hydroxyl groups excluding tert-OH is 1. The average Bonchev–Trinajstić information content (AvgIpc) is 2.46. The Hall–Kier alpha value is -1.42. The molecule has 4 nitrogen and oxygen atoms in total. The van der Waals surface area contributed by atoms with Gasteiger partial charge in [-0.1, -0.05) is 65.0 Å². The van der Waals surface area contributed by atoms with Gasteiger partial charge in [0.05, 0.1) is 11.0 Å². The van der Waals surface area contributed by atoms with E-state index in [4.69, 9.17) is 0 Å². The van der Waals surface area contributed by atoms with Gasteiger partial charge in [0.15, 0.2) is 0 Å². The van der Waals surface area contributed by atoms with Crippen LogP contribution in [0.1, 0.15) is 70.4 Å². The van der Waals surface area contributed by atoms with Crippen molar-refractivity contribution in [1.82, 2.24) is 0 Å². The minimum atomic E-state index is -0.404. The Bertz CT molecular complexity index is 542. The van der Waals surface area contributed by atoms with Crippen LogP contribution >= 0.6 is 0 Å². The second-order valence-electron chi connectivity index (χ2n) is 7.96. The van der Waals surface area contributed by atoms with E-state index in [9.17, 15) is 15.2 Å². The SMILES string of the molecule is CC(C)(C)c1ccc(CC(O)CC2CCCCC2)cc1[N+](=O)[O-]. The van der Waals surface area contributed by atoms with Gasteiger partial charge in [-0.25, -0.2) is 0 Å². The van der Waals surface area contributed by atoms with Crippen LogP contribution in [0.3, 0.4) is 0 Å². The van der Waals surface area contributed by atoms with Crippen LogP contribution in [0.2, 0.25) is 0 Å². The highest BCUT2D eigenvalue weighted by Crippen LogP contribution is 2.33. The minimum absolute atomic E-state index is 0.167. The summed E-state index contributed by atoms with van der Waals surface area (Å²) < 4.78 is 0. The molecule has 1 N–H and O–H groups in total. The van der Waals surface area contributed by atoms with E-state index < -0.39 is 6.10 Å². The molecule has 4 heteroatoms. The van der Waals surface area contributed by atoms with Crippen LogP contribution in [0.25, 0.3) is 0 Å². The summed E-state index contributed by atoms with van der Waals surface area (Å²) in [4.78, 5) is 11.1. The molecule has 1 atom stereocenters. The Morgan fingerprint density at radius 3 is 2.48 bits per heavy atom. The predicted molar refractivity (Wildman–Crippen MR) is 92.7 cm³/mol. The highest BCUT2D eigenvalue weighted by atomic mass is 16.6. The molecule has 1 unspecified atom stereocenters. The largest absolute Gasteiger partial charge is 0.393 e. The van der Waals surface area contributed by atoms with E-state index in [-0.39, 0.29) is 16.0 Å². The summed E-state index contributed by atoms with van der Waals surface area (Å²) in [5, 5.41) is 21.7. The molecule has 1 fully saturated rings. The summed E-state index contributed by atoms with van der Waals surface area (Å²) in [5.74, 6) is 0.614. The Labute approximate surface area is 139 Å². The van der Waals surface area contributed by atoms with Crippen LogP contribution in [0.4, 0.5) is 5.69 Å². The van der Waals surface area contributed by atoms with Crippen LogP contribution in [0.15, 0.2) is 18.2 Å².